The van der Waals surface area contributed by atoms with Crippen molar-refractivity contribution in [3.05, 3.63) is 58.5 Å². The molecule has 190 valence electrons. The number of rotatable bonds is 7. The van der Waals surface area contributed by atoms with Crippen molar-refractivity contribution in [1.82, 2.24) is 25.3 Å². The molecule has 0 amide bonds. The van der Waals surface area contributed by atoms with Crippen molar-refractivity contribution in [3.8, 4) is 10.4 Å². The van der Waals surface area contributed by atoms with Crippen LogP contribution < -0.4 is 0 Å². The molecule has 3 aromatic heterocycles. The molecule has 0 bridgehead atoms. The summed E-state index contributed by atoms with van der Waals surface area (Å²) in [4.78, 5) is 3.60. The first kappa shape index (κ1) is 24.9. The van der Waals surface area contributed by atoms with E-state index in [9.17, 15) is 5.11 Å². The Morgan fingerprint density at radius 2 is 1.94 bits per heavy atom. The maximum Gasteiger partial charge on any atom is 0.106 e. The number of hydrogen-bond acceptors (Lipinski definition) is 5. The Morgan fingerprint density at radius 3 is 2.61 bits per heavy atom. The molecule has 7 heteroatoms. The summed E-state index contributed by atoms with van der Waals surface area (Å²) >= 11 is 1.74. The van der Waals surface area contributed by atoms with Crippen LogP contribution in [0.4, 0.5) is 0 Å². The van der Waals surface area contributed by atoms with E-state index >= 15 is 0 Å². The summed E-state index contributed by atoms with van der Waals surface area (Å²) in [7, 11) is 2.21. The number of aromatic nitrogens is 4. The normalized spacial score (nSPS) is 15.1. The molecule has 0 saturated carbocycles. The highest BCUT2D eigenvalue weighted by Gasteiger charge is 2.27. The van der Waals surface area contributed by atoms with Crippen LogP contribution in [0.3, 0.4) is 0 Å². The third kappa shape index (κ3) is 4.92. The Balaban J connectivity index is 1.49. The number of aromatic amines is 2. The zero-order chi connectivity index (χ0) is 25.8. The van der Waals surface area contributed by atoms with E-state index in [1.165, 1.54) is 37.4 Å². The van der Waals surface area contributed by atoms with Crippen molar-refractivity contribution in [2.24, 2.45) is 5.41 Å². The topological polar surface area (TPSA) is 80.8 Å². The van der Waals surface area contributed by atoms with E-state index in [4.69, 9.17) is 5.10 Å². The Bertz CT molecular complexity index is 1410. The number of nitrogens with zero attached hydrogens (tertiary/aromatic N) is 3. The molecular formula is C29H37N5OS. The van der Waals surface area contributed by atoms with Gasteiger partial charge in [-0.25, -0.2) is 0 Å². The highest BCUT2D eigenvalue weighted by atomic mass is 32.1. The molecule has 1 unspecified atom stereocenters. The van der Waals surface area contributed by atoms with Crippen LogP contribution in [0.15, 0.2) is 30.6 Å². The Labute approximate surface area is 217 Å². The molecule has 36 heavy (non-hydrogen) atoms. The number of hydrogen-bond donors (Lipinski definition) is 3. The molecule has 1 aliphatic carbocycles. The molecule has 0 radical (unpaired) electrons. The Kier molecular flexibility index (Phi) is 6.22. The predicted octanol–water partition coefficient (Wildman–Crippen LogP) is 6.29. The van der Waals surface area contributed by atoms with Gasteiger partial charge in [0.1, 0.15) is 5.69 Å². The van der Waals surface area contributed by atoms with E-state index in [-0.39, 0.29) is 5.41 Å². The van der Waals surface area contributed by atoms with Gasteiger partial charge in [0.05, 0.1) is 22.0 Å². The van der Waals surface area contributed by atoms with Gasteiger partial charge in [0, 0.05) is 42.1 Å². The molecule has 0 saturated heterocycles. The van der Waals surface area contributed by atoms with Crippen molar-refractivity contribution >= 4 is 33.2 Å². The van der Waals surface area contributed by atoms with Gasteiger partial charge in [-0.05, 0) is 73.2 Å². The molecule has 0 aliphatic heterocycles. The lowest BCUT2D eigenvalue weighted by Gasteiger charge is -2.35. The van der Waals surface area contributed by atoms with Crippen LogP contribution in [0.5, 0.6) is 0 Å². The lowest BCUT2D eigenvalue weighted by molar-refractivity contribution is 0.0809. The summed E-state index contributed by atoms with van der Waals surface area (Å²) in [6, 6.07) is 7.24. The van der Waals surface area contributed by atoms with Crippen molar-refractivity contribution in [1.29, 1.82) is 0 Å². The van der Waals surface area contributed by atoms with Crippen molar-refractivity contribution in [3.63, 3.8) is 0 Å². The summed E-state index contributed by atoms with van der Waals surface area (Å²) < 4.78 is 1.17. The molecule has 0 fully saturated rings. The second-order valence-corrected chi connectivity index (χ2v) is 13.1. The van der Waals surface area contributed by atoms with Crippen molar-refractivity contribution in [2.45, 2.75) is 72.6 Å². The summed E-state index contributed by atoms with van der Waals surface area (Å²) in [6.07, 6.45) is 7.52. The smallest absolute Gasteiger partial charge is 0.106 e. The van der Waals surface area contributed by atoms with Crippen molar-refractivity contribution < 1.29 is 5.11 Å². The molecule has 1 aromatic carbocycles. The standard InChI is InChI=1S/C29H37N5OS/c1-17(28(2,3)4)34(7)16-18-8-19-10-20(11-23(19)21(9-18)13-29(5,6)35)26-27-24(32-33-26)12-25(36-27)22-14-30-31-15-22/h8-9,11-12,14-15,17,35H,10,13,16H2,1-7H3,(H,30,31)(H,32,33). The SMILES string of the molecule is CC(N(C)Cc1cc2c(c(CC(C)(C)O)c1)C=C(c1n[nH]c3cc(-c4cn[nH]c4)sc13)C2)C(C)(C)C. The molecule has 1 atom stereocenters. The first-order valence-electron chi connectivity index (χ1n) is 12.6. The summed E-state index contributed by atoms with van der Waals surface area (Å²) in [6.45, 7) is 13.8. The van der Waals surface area contributed by atoms with Crippen LogP contribution in [-0.4, -0.2) is 49.1 Å². The number of thiophene rings is 1. The van der Waals surface area contributed by atoms with Gasteiger partial charge in [-0.15, -0.1) is 11.3 Å². The van der Waals surface area contributed by atoms with Gasteiger partial charge in [0.25, 0.3) is 0 Å². The first-order valence-corrected chi connectivity index (χ1v) is 13.5. The number of nitrogens with one attached hydrogen (secondary N) is 2. The minimum Gasteiger partial charge on any atom is -0.390 e. The fourth-order valence-electron chi connectivity index (χ4n) is 5.12. The fraction of sp³-hybridized carbons (Fsp3) is 0.448. The van der Waals surface area contributed by atoms with E-state index < -0.39 is 5.60 Å². The molecule has 3 heterocycles. The number of fused-ring (bicyclic) bond motifs is 2. The van der Waals surface area contributed by atoms with Crippen LogP contribution in [0.25, 0.3) is 32.3 Å². The Hall–Kier alpha value is -2.74. The van der Waals surface area contributed by atoms with E-state index in [0.29, 0.717) is 12.5 Å². The van der Waals surface area contributed by atoms with Gasteiger partial charge < -0.3 is 5.11 Å². The summed E-state index contributed by atoms with van der Waals surface area (Å²) in [5.41, 5.74) is 8.88. The third-order valence-corrected chi connectivity index (χ3v) is 8.59. The lowest BCUT2D eigenvalue weighted by atomic mass is 9.86. The van der Waals surface area contributed by atoms with Gasteiger partial charge in [-0.3, -0.25) is 15.1 Å². The van der Waals surface area contributed by atoms with Crippen LogP contribution in [-0.2, 0) is 19.4 Å². The Morgan fingerprint density at radius 1 is 1.17 bits per heavy atom. The van der Waals surface area contributed by atoms with Crippen LogP contribution in [0, 0.1) is 5.41 Å². The first-order chi connectivity index (χ1) is 16.9. The quantitative estimate of drug-likeness (QED) is 0.277. The van der Waals surface area contributed by atoms with Crippen LogP contribution >= 0.6 is 11.3 Å². The van der Waals surface area contributed by atoms with E-state index in [1.54, 1.807) is 11.3 Å². The second-order valence-electron chi connectivity index (χ2n) is 12.0. The largest absolute Gasteiger partial charge is 0.390 e. The third-order valence-electron chi connectivity index (χ3n) is 7.40. The molecule has 4 aromatic rings. The molecular weight excluding hydrogens is 466 g/mol. The maximum absolute atomic E-state index is 10.7. The second kappa shape index (κ2) is 8.98. The van der Waals surface area contributed by atoms with Gasteiger partial charge in [-0.1, -0.05) is 32.9 Å². The molecule has 6 nitrogen and oxygen atoms in total. The average molecular weight is 504 g/mol. The number of allylic oxidation sites excluding steroid dienone is 1. The van der Waals surface area contributed by atoms with Gasteiger partial charge >= 0.3 is 0 Å². The number of benzene rings is 1. The zero-order valence-electron chi connectivity index (χ0n) is 22.4. The zero-order valence-corrected chi connectivity index (χ0v) is 23.2. The van der Waals surface area contributed by atoms with Crippen LogP contribution in [0.2, 0.25) is 0 Å². The highest BCUT2D eigenvalue weighted by molar-refractivity contribution is 7.22. The fourth-order valence-corrected chi connectivity index (χ4v) is 6.23. The average Bonchev–Trinajstić information content (AvgIpc) is 3.53. The number of aliphatic hydroxyl groups is 1. The van der Waals surface area contributed by atoms with Crippen LogP contribution in [0.1, 0.15) is 69.5 Å². The molecule has 5 rings (SSSR count). The predicted molar refractivity (Wildman–Crippen MR) is 150 cm³/mol. The minimum absolute atomic E-state index is 0.206. The van der Waals surface area contributed by atoms with Gasteiger partial charge in [0.2, 0.25) is 0 Å². The maximum atomic E-state index is 10.7. The van der Waals surface area contributed by atoms with Gasteiger partial charge in [-0.2, -0.15) is 10.2 Å². The van der Waals surface area contributed by atoms with E-state index in [0.717, 1.165) is 29.7 Å². The van der Waals surface area contributed by atoms with Gasteiger partial charge in [0.15, 0.2) is 0 Å². The van der Waals surface area contributed by atoms with E-state index in [2.05, 4.69) is 79.2 Å². The lowest BCUT2D eigenvalue weighted by Crippen LogP contribution is -2.38. The molecule has 1 aliphatic rings. The summed E-state index contributed by atoms with van der Waals surface area (Å²) in [5.74, 6) is 0. The van der Waals surface area contributed by atoms with Crippen molar-refractivity contribution in [2.75, 3.05) is 7.05 Å². The van der Waals surface area contributed by atoms with E-state index in [1.807, 2.05) is 26.2 Å². The molecule has 3 N–H and O–H groups in total. The summed E-state index contributed by atoms with van der Waals surface area (Å²) in [5, 5.41) is 25.6. The highest BCUT2D eigenvalue weighted by Crippen LogP contribution is 2.41. The number of H-pyrrole nitrogens is 2. The monoisotopic (exact) mass is 503 g/mol. The molecule has 0 spiro atoms. The minimum atomic E-state index is -0.777.